The zero-order chi connectivity index (χ0) is 20.3. The zero-order valence-corrected chi connectivity index (χ0v) is 17.7. The van der Waals surface area contributed by atoms with Crippen LogP contribution in [0, 0.1) is 0 Å². The van der Waals surface area contributed by atoms with Crippen molar-refractivity contribution in [2.75, 3.05) is 13.1 Å². The van der Waals surface area contributed by atoms with Crippen LogP contribution in [0.2, 0.25) is 0 Å². The van der Waals surface area contributed by atoms with Crippen molar-refractivity contribution in [3.63, 3.8) is 0 Å². The Morgan fingerprint density at radius 1 is 0.967 bits per heavy atom. The summed E-state index contributed by atoms with van der Waals surface area (Å²) in [5.41, 5.74) is 2.03. The van der Waals surface area contributed by atoms with Crippen LogP contribution >= 0.6 is 11.8 Å². The second-order valence-electron chi connectivity index (χ2n) is 7.94. The predicted molar refractivity (Wildman–Crippen MR) is 117 cm³/mol. The van der Waals surface area contributed by atoms with E-state index in [1.807, 2.05) is 47.4 Å². The van der Waals surface area contributed by atoms with Crippen LogP contribution in [0.3, 0.4) is 0 Å². The SMILES string of the molecule is O=C(C(Sc1nnc(-c2ccncc2)n1C1CC1)c1ccccc1)N1CCCCC1. The molecule has 1 saturated heterocycles. The van der Waals surface area contributed by atoms with Crippen LogP contribution in [0.1, 0.15) is 49.0 Å². The number of benzene rings is 1. The van der Waals surface area contributed by atoms with E-state index < -0.39 is 0 Å². The van der Waals surface area contributed by atoms with E-state index in [-0.39, 0.29) is 11.2 Å². The van der Waals surface area contributed by atoms with Crippen LogP contribution in [0.4, 0.5) is 0 Å². The minimum atomic E-state index is -0.309. The fraction of sp³-hybridized carbons (Fsp3) is 0.391. The Morgan fingerprint density at radius 3 is 2.40 bits per heavy atom. The first kappa shape index (κ1) is 19.3. The van der Waals surface area contributed by atoms with Crippen molar-refractivity contribution in [3.05, 3.63) is 60.4 Å². The molecule has 7 heteroatoms. The molecule has 0 radical (unpaired) electrons. The average Bonchev–Trinajstić information content (AvgIpc) is 3.58. The molecule has 3 aromatic rings. The molecule has 1 saturated carbocycles. The molecule has 30 heavy (non-hydrogen) atoms. The number of piperidine rings is 1. The Balaban J connectivity index is 1.49. The summed E-state index contributed by atoms with van der Waals surface area (Å²) in [6.45, 7) is 1.70. The fourth-order valence-electron chi connectivity index (χ4n) is 3.99. The quantitative estimate of drug-likeness (QED) is 0.550. The Kier molecular flexibility index (Phi) is 5.53. The van der Waals surface area contributed by atoms with Gasteiger partial charge in [-0.25, -0.2) is 0 Å². The molecule has 0 N–H and O–H groups in total. The van der Waals surface area contributed by atoms with Crippen molar-refractivity contribution >= 4 is 17.7 Å². The second-order valence-corrected chi connectivity index (χ2v) is 9.01. The first-order valence-corrected chi connectivity index (χ1v) is 11.5. The third-order valence-electron chi connectivity index (χ3n) is 5.73. The molecule has 1 atom stereocenters. The number of amides is 1. The van der Waals surface area contributed by atoms with E-state index in [0.29, 0.717) is 6.04 Å². The van der Waals surface area contributed by atoms with Crippen LogP contribution in [-0.4, -0.2) is 43.6 Å². The lowest BCUT2D eigenvalue weighted by molar-refractivity contribution is -0.131. The smallest absolute Gasteiger partial charge is 0.240 e. The lowest BCUT2D eigenvalue weighted by Crippen LogP contribution is -2.38. The molecule has 3 heterocycles. The Labute approximate surface area is 180 Å². The lowest BCUT2D eigenvalue weighted by Gasteiger charge is -2.30. The number of thioether (sulfide) groups is 1. The molecule has 2 aliphatic rings. The monoisotopic (exact) mass is 419 g/mol. The molecule has 0 spiro atoms. The van der Waals surface area contributed by atoms with E-state index >= 15 is 0 Å². The number of carbonyl (C=O) groups excluding carboxylic acids is 1. The van der Waals surface area contributed by atoms with Crippen LogP contribution in [0.5, 0.6) is 0 Å². The summed E-state index contributed by atoms with van der Waals surface area (Å²) < 4.78 is 2.22. The van der Waals surface area contributed by atoms with Gasteiger partial charge < -0.3 is 4.90 Å². The number of hydrogen-bond donors (Lipinski definition) is 0. The molecule has 2 aromatic heterocycles. The summed E-state index contributed by atoms with van der Waals surface area (Å²) in [7, 11) is 0. The largest absolute Gasteiger partial charge is 0.341 e. The van der Waals surface area contributed by atoms with Crippen LogP contribution in [-0.2, 0) is 4.79 Å². The van der Waals surface area contributed by atoms with E-state index in [2.05, 4.69) is 19.7 Å². The standard InChI is InChI=1S/C23H25N5OS/c29-22(27-15-5-2-6-16-27)20(17-7-3-1-4-8-17)30-23-26-25-21(28(23)19-9-10-19)18-11-13-24-14-12-18/h1,3-4,7-8,11-14,19-20H,2,5-6,9-10,15-16H2. The Hall–Kier alpha value is -2.67. The van der Waals surface area contributed by atoms with Gasteiger partial charge >= 0.3 is 0 Å². The number of nitrogens with zero attached hydrogens (tertiary/aromatic N) is 5. The first-order valence-electron chi connectivity index (χ1n) is 10.7. The van der Waals surface area contributed by atoms with Crippen molar-refractivity contribution in [2.24, 2.45) is 0 Å². The van der Waals surface area contributed by atoms with Crippen molar-refractivity contribution < 1.29 is 4.79 Å². The molecular formula is C23H25N5OS. The van der Waals surface area contributed by atoms with Gasteiger partial charge in [-0.2, -0.15) is 0 Å². The van der Waals surface area contributed by atoms with Gasteiger partial charge in [0, 0.05) is 37.1 Å². The third-order valence-corrected chi connectivity index (χ3v) is 6.93. The van der Waals surface area contributed by atoms with Gasteiger partial charge in [-0.1, -0.05) is 42.1 Å². The van der Waals surface area contributed by atoms with Crippen LogP contribution < -0.4 is 0 Å². The molecule has 6 nitrogen and oxygen atoms in total. The number of aromatic nitrogens is 4. The maximum absolute atomic E-state index is 13.5. The summed E-state index contributed by atoms with van der Waals surface area (Å²) in [5.74, 6) is 1.04. The van der Waals surface area contributed by atoms with Gasteiger partial charge in [-0.15, -0.1) is 10.2 Å². The lowest BCUT2D eigenvalue weighted by atomic mass is 10.1. The summed E-state index contributed by atoms with van der Waals surface area (Å²) in [6.07, 6.45) is 9.18. The van der Waals surface area contributed by atoms with Gasteiger partial charge in [0.15, 0.2) is 11.0 Å². The van der Waals surface area contributed by atoms with Crippen molar-refractivity contribution in [1.82, 2.24) is 24.6 Å². The van der Waals surface area contributed by atoms with Gasteiger partial charge in [0.1, 0.15) is 5.25 Å². The highest BCUT2D eigenvalue weighted by Gasteiger charge is 2.34. The summed E-state index contributed by atoms with van der Waals surface area (Å²) in [4.78, 5) is 19.7. The molecule has 1 aliphatic heterocycles. The van der Waals surface area contributed by atoms with Crippen molar-refractivity contribution in [1.29, 1.82) is 0 Å². The minimum Gasteiger partial charge on any atom is -0.341 e. The summed E-state index contributed by atoms with van der Waals surface area (Å²) >= 11 is 1.54. The van der Waals surface area contributed by atoms with E-state index in [0.717, 1.165) is 60.9 Å². The molecular weight excluding hydrogens is 394 g/mol. The highest BCUT2D eigenvalue weighted by Crippen LogP contribution is 2.44. The molecule has 2 fully saturated rings. The highest BCUT2D eigenvalue weighted by atomic mass is 32.2. The maximum Gasteiger partial charge on any atom is 0.240 e. The van der Waals surface area contributed by atoms with Crippen molar-refractivity contribution in [3.8, 4) is 11.4 Å². The molecule has 1 amide bonds. The second kappa shape index (κ2) is 8.60. The maximum atomic E-state index is 13.5. The predicted octanol–water partition coefficient (Wildman–Crippen LogP) is 4.52. The Bertz CT molecular complexity index is 997. The zero-order valence-electron chi connectivity index (χ0n) is 16.9. The number of hydrogen-bond acceptors (Lipinski definition) is 5. The first-order chi connectivity index (χ1) is 14.8. The molecule has 1 aliphatic carbocycles. The fourth-order valence-corrected chi connectivity index (χ4v) is 5.18. The van der Waals surface area contributed by atoms with E-state index in [9.17, 15) is 4.79 Å². The van der Waals surface area contributed by atoms with Gasteiger partial charge in [-0.05, 0) is 49.8 Å². The third kappa shape index (κ3) is 3.99. The van der Waals surface area contributed by atoms with E-state index in [4.69, 9.17) is 0 Å². The van der Waals surface area contributed by atoms with E-state index in [1.165, 1.54) is 18.2 Å². The molecule has 1 aromatic carbocycles. The van der Waals surface area contributed by atoms with E-state index in [1.54, 1.807) is 12.4 Å². The normalized spacial score (nSPS) is 17.7. The highest BCUT2D eigenvalue weighted by molar-refractivity contribution is 8.00. The van der Waals surface area contributed by atoms with Crippen LogP contribution in [0.15, 0.2) is 60.0 Å². The topological polar surface area (TPSA) is 63.9 Å². The van der Waals surface area contributed by atoms with Crippen LogP contribution in [0.25, 0.3) is 11.4 Å². The van der Waals surface area contributed by atoms with Gasteiger partial charge in [0.2, 0.25) is 5.91 Å². The summed E-state index contributed by atoms with van der Waals surface area (Å²) in [5, 5.41) is 9.55. The molecule has 154 valence electrons. The van der Waals surface area contributed by atoms with Gasteiger partial charge in [-0.3, -0.25) is 14.3 Å². The van der Waals surface area contributed by atoms with Crippen molar-refractivity contribution in [2.45, 2.75) is 48.6 Å². The Morgan fingerprint density at radius 2 is 1.70 bits per heavy atom. The van der Waals surface area contributed by atoms with Gasteiger partial charge in [0.05, 0.1) is 0 Å². The number of likely N-dealkylation sites (tertiary alicyclic amines) is 1. The summed E-state index contributed by atoms with van der Waals surface area (Å²) in [6, 6.07) is 14.4. The number of rotatable bonds is 6. The molecule has 5 rings (SSSR count). The number of carbonyl (C=O) groups is 1. The number of pyridine rings is 1. The average molecular weight is 420 g/mol. The van der Waals surface area contributed by atoms with Gasteiger partial charge in [0.25, 0.3) is 0 Å². The molecule has 0 bridgehead atoms. The molecule has 1 unspecified atom stereocenters. The minimum absolute atomic E-state index is 0.182.